The number of aryl methyl sites for hydroxylation is 2. The van der Waals surface area contributed by atoms with E-state index in [1.165, 1.54) is 20.1 Å². The van der Waals surface area contributed by atoms with Gasteiger partial charge >= 0.3 is 0 Å². The van der Waals surface area contributed by atoms with Gasteiger partial charge in [0.05, 0.1) is 30.0 Å². The molecule has 0 aliphatic carbocycles. The molecular weight excluding hydrogens is 412 g/mol. The molecule has 3 N–H and O–H groups in total. The topological polar surface area (TPSA) is 191 Å². The van der Waals surface area contributed by atoms with Crippen molar-refractivity contribution in [2.75, 3.05) is 7.11 Å². The zero-order chi connectivity index (χ0) is 22.7. The number of nitro benzene ring substituents is 1. The number of hydrogen-bond acceptors (Lipinski definition) is 10. The lowest BCUT2D eigenvalue weighted by atomic mass is 10.2. The largest absolute Gasteiger partial charge is 0.504 e. The molecular formula is C17H16N8O6. The van der Waals surface area contributed by atoms with Crippen LogP contribution in [0.2, 0.25) is 0 Å². The molecule has 0 spiro atoms. The molecule has 14 nitrogen and oxygen atoms in total. The molecule has 0 aliphatic rings. The number of aromatic hydroxyl groups is 1. The number of phenols is 1. The number of benzene rings is 1. The maximum atomic E-state index is 12.6. The summed E-state index contributed by atoms with van der Waals surface area (Å²) < 4.78 is 5.99. The van der Waals surface area contributed by atoms with Crippen molar-refractivity contribution in [1.29, 1.82) is 0 Å². The summed E-state index contributed by atoms with van der Waals surface area (Å²) in [5.74, 6) is -1.31. The summed E-state index contributed by atoms with van der Waals surface area (Å²) in [6.07, 6.45) is 1.02. The van der Waals surface area contributed by atoms with Crippen LogP contribution in [0.4, 0.5) is 5.69 Å². The van der Waals surface area contributed by atoms with Crippen molar-refractivity contribution in [3.05, 3.63) is 61.3 Å². The summed E-state index contributed by atoms with van der Waals surface area (Å²) in [4.78, 5) is 37.2. The minimum Gasteiger partial charge on any atom is -0.504 e. The van der Waals surface area contributed by atoms with Crippen LogP contribution in [0.5, 0.6) is 11.5 Å². The number of methoxy groups -OCH3 is 1. The van der Waals surface area contributed by atoms with E-state index in [0.29, 0.717) is 5.69 Å². The standard InChI is InChI=1S/C17H16N8O6/c1-8-4-12(24(23-8)17-19-15(27)9(2)20-22-17)16(28)21-18-7-10-5-11(25(29)30)6-13(31-3)14(10)26/h4-7,26H,1-3H3,(H,21,28)(H,19,22,27)/b18-7-. The Kier molecular flexibility index (Phi) is 5.72. The first-order valence-corrected chi connectivity index (χ1v) is 8.60. The number of phenolic OH excluding ortho intramolecular Hbond substituents is 1. The van der Waals surface area contributed by atoms with Gasteiger partial charge in [0.25, 0.3) is 23.1 Å². The van der Waals surface area contributed by atoms with E-state index in [9.17, 15) is 24.8 Å². The summed E-state index contributed by atoms with van der Waals surface area (Å²) in [5.41, 5.74) is 1.94. The Morgan fingerprint density at radius 3 is 2.74 bits per heavy atom. The van der Waals surface area contributed by atoms with Gasteiger partial charge in [-0.2, -0.15) is 14.9 Å². The quantitative estimate of drug-likeness (QED) is 0.282. The number of carbonyl (C=O) groups is 1. The second-order valence-corrected chi connectivity index (χ2v) is 6.19. The highest BCUT2D eigenvalue weighted by atomic mass is 16.6. The number of amides is 1. The van der Waals surface area contributed by atoms with Crippen LogP contribution in [-0.4, -0.2) is 54.2 Å². The van der Waals surface area contributed by atoms with Crippen molar-refractivity contribution < 1.29 is 19.6 Å². The first-order valence-electron chi connectivity index (χ1n) is 8.60. The number of nitro groups is 1. The van der Waals surface area contributed by atoms with E-state index in [1.807, 2.05) is 0 Å². The molecule has 0 aliphatic heterocycles. The number of nitrogens with one attached hydrogen (secondary N) is 2. The highest BCUT2D eigenvalue weighted by Crippen LogP contribution is 2.33. The summed E-state index contributed by atoms with van der Waals surface area (Å²) in [7, 11) is 1.24. The van der Waals surface area contributed by atoms with Gasteiger partial charge in [-0.3, -0.25) is 24.7 Å². The Balaban J connectivity index is 1.88. The average Bonchev–Trinajstić information content (AvgIpc) is 3.12. The van der Waals surface area contributed by atoms with Gasteiger partial charge in [0.2, 0.25) is 0 Å². The third kappa shape index (κ3) is 4.36. The minimum atomic E-state index is -0.725. The lowest BCUT2D eigenvalue weighted by molar-refractivity contribution is -0.385. The molecule has 3 rings (SSSR count). The molecule has 1 aromatic carbocycles. The van der Waals surface area contributed by atoms with Gasteiger partial charge in [0.1, 0.15) is 11.4 Å². The fourth-order valence-electron chi connectivity index (χ4n) is 2.49. The van der Waals surface area contributed by atoms with Crippen molar-refractivity contribution in [2.45, 2.75) is 13.8 Å². The molecule has 0 unspecified atom stereocenters. The molecule has 0 fully saturated rings. The molecule has 0 saturated carbocycles. The number of H-pyrrole nitrogens is 1. The minimum absolute atomic E-state index is 0.00991. The summed E-state index contributed by atoms with van der Waals surface area (Å²) in [6, 6.07) is 3.54. The van der Waals surface area contributed by atoms with E-state index in [0.717, 1.165) is 23.0 Å². The van der Waals surface area contributed by atoms with E-state index in [2.05, 4.69) is 30.8 Å². The molecule has 3 aromatic rings. The van der Waals surface area contributed by atoms with E-state index >= 15 is 0 Å². The van der Waals surface area contributed by atoms with Gasteiger partial charge < -0.3 is 9.84 Å². The molecule has 0 saturated heterocycles. The molecule has 31 heavy (non-hydrogen) atoms. The van der Waals surface area contributed by atoms with E-state index in [4.69, 9.17) is 4.74 Å². The number of rotatable bonds is 6. The third-order valence-electron chi connectivity index (χ3n) is 4.00. The first-order chi connectivity index (χ1) is 14.7. The maximum Gasteiger partial charge on any atom is 0.290 e. The van der Waals surface area contributed by atoms with Crippen molar-refractivity contribution >= 4 is 17.8 Å². The smallest absolute Gasteiger partial charge is 0.290 e. The highest BCUT2D eigenvalue weighted by molar-refractivity contribution is 5.94. The van der Waals surface area contributed by atoms with Crippen LogP contribution in [0.1, 0.15) is 27.4 Å². The van der Waals surface area contributed by atoms with Gasteiger partial charge in [0.15, 0.2) is 11.5 Å². The van der Waals surface area contributed by atoms with Gasteiger partial charge in [0, 0.05) is 11.6 Å². The van der Waals surface area contributed by atoms with Crippen LogP contribution in [-0.2, 0) is 0 Å². The third-order valence-corrected chi connectivity index (χ3v) is 4.00. The molecule has 2 aromatic heterocycles. The number of hydrogen-bond donors (Lipinski definition) is 3. The number of hydrazone groups is 1. The number of aromatic amines is 1. The Hall–Kier alpha value is -4.62. The highest BCUT2D eigenvalue weighted by Gasteiger charge is 2.18. The number of non-ortho nitro benzene ring substituents is 1. The summed E-state index contributed by atoms with van der Waals surface area (Å²) in [5, 5.41) is 36.5. The zero-order valence-electron chi connectivity index (χ0n) is 16.5. The lowest BCUT2D eigenvalue weighted by Crippen LogP contribution is -2.24. The van der Waals surface area contributed by atoms with E-state index in [1.54, 1.807) is 6.92 Å². The van der Waals surface area contributed by atoms with Crippen LogP contribution in [0.3, 0.4) is 0 Å². The molecule has 160 valence electrons. The Morgan fingerprint density at radius 1 is 1.35 bits per heavy atom. The maximum absolute atomic E-state index is 12.6. The van der Waals surface area contributed by atoms with Crippen LogP contribution in [0, 0.1) is 24.0 Å². The Morgan fingerprint density at radius 2 is 2.10 bits per heavy atom. The summed E-state index contributed by atoms with van der Waals surface area (Å²) in [6.45, 7) is 3.11. The monoisotopic (exact) mass is 428 g/mol. The van der Waals surface area contributed by atoms with Crippen LogP contribution in [0.25, 0.3) is 5.95 Å². The molecule has 2 heterocycles. The fraction of sp³-hybridized carbons (Fsp3) is 0.176. The van der Waals surface area contributed by atoms with Crippen LogP contribution >= 0.6 is 0 Å². The van der Waals surface area contributed by atoms with Crippen molar-refractivity contribution in [3.8, 4) is 17.4 Å². The molecule has 0 atom stereocenters. The van der Waals surface area contributed by atoms with Crippen molar-refractivity contribution in [1.82, 2.24) is 30.4 Å². The predicted octanol–water partition coefficient (Wildman–Crippen LogP) is 0.354. The fourth-order valence-corrected chi connectivity index (χ4v) is 2.49. The number of carbonyl (C=O) groups excluding carboxylic acids is 1. The second-order valence-electron chi connectivity index (χ2n) is 6.19. The first kappa shape index (κ1) is 21.1. The van der Waals surface area contributed by atoms with Gasteiger partial charge in [-0.25, -0.2) is 5.43 Å². The lowest BCUT2D eigenvalue weighted by Gasteiger charge is -2.06. The van der Waals surface area contributed by atoms with E-state index < -0.39 is 16.4 Å². The van der Waals surface area contributed by atoms with Crippen molar-refractivity contribution in [2.24, 2.45) is 5.10 Å². The molecule has 0 radical (unpaired) electrons. The molecule has 1 amide bonds. The van der Waals surface area contributed by atoms with Gasteiger partial charge in [-0.15, -0.1) is 10.2 Å². The Bertz CT molecular complexity index is 1260. The SMILES string of the molecule is COc1cc([N+](=O)[O-])cc(/C=N\NC(=O)c2cc(C)nn2-c2nnc(C)c(=O)[nH]2)c1O. The van der Waals surface area contributed by atoms with Gasteiger partial charge in [-0.1, -0.05) is 0 Å². The second kappa shape index (κ2) is 8.40. The van der Waals surface area contributed by atoms with Crippen LogP contribution in [0.15, 0.2) is 28.1 Å². The number of nitrogens with zero attached hydrogens (tertiary/aromatic N) is 6. The normalized spacial score (nSPS) is 10.9. The Labute approximate surface area is 173 Å². The molecule has 14 heteroatoms. The van der Waals surface area contributed by atoms with Crippen LogP contribution < -0.4 is 15.7 Å². The van der Waals surface area contributed by atoms with Crippen molar-refractivity contribution in [3.63, 3.8) is 0 Å². The predicted molar refractivity (Wildman–Crippen MR) is 106 cm³/mol. The van der Waals surface area contributed by atoms with Gasteiger partial charge in [-0.05, 0) is 19.9 Å². The van der Waals surface area contributed by atoms with E-state index in [-0.39, 0.29) is 40.1 Å². The molecule has 0 bridgehead atoms. The zero-order valence-corrected chi connectivity index (χ0v) is 16.5. The average molecular weight is 428 g/mol. The summed E-state index contributed by atoms with van der Waals surface area (Å²) >= 11 is 0. The number of ether oxygens (including phenoxy) is 1. The number of aromatic nitrogens is 5.